The van der Waals surface area contributed by atoms with E-state index in [9.17, 15) is 4.79 Å². The minimum atomic E-state index is -0.0802. The summed E-state index contributed by atoms with van der Waals surface area (Å²) in [4.78, 5) is 18.0. The van der Waals surface area contributed by atoms with Crippen LogP contribution in [0.3, 0.4) is 0 Å². The number of piperidine rings is 1. The van der Waals surface area contributed by atoms with Gasteiger partial charge in [0.15, 0.2) is 0 Å². The molecule has 2 heterocycles. The van der Waals surface area contributed by atoms with E-state index < -0.39 is 0 Å². The lowest BCUT2D eigenvalue weighted by atomic mass is 9.98. The standard InChI is InChI=1S/C10H15IN4O/c11-8-9(14-6-15-10(8)16)13-5-7-1-3-12-4-2-7/h6-7,12H,1-5H2,(H2,13,14,15,16). The molecule has 0 atom stereocenters. The van der Waals surface area contributed by atoms with Gasteiger partial charge in [-0.25, -0.2) is 4.98 Å². The Morgan fingerprint density at radius 1 is 1.50 bits per heavy atom. The lowest BCUT2D eigenvalue weighted by Gasteiger charge is -2.23. The van der Waals surface area contributed by atoms with Crippen molar-refractivity contribution in [3.8, 4) is 0 Å². The van der Waals surface area contributed by atoms with Crippen LogP contribution >= 0.6 is 22.6 Å². The minimum Gasteiger partial charge on any atom is -0.369 e. The molecule has 0 aliphatic carbocycles. The summed E-state index contributed by atoms with van der Waals surface area (Å²) in [7, 11) is 0. The molecular weight excluding hydrogens is 319 g/mol. The van der Waals surface area contributed by atoms with E-state index in [4.69, 9.17) is 0 Å². The van der Waals surface area contributed by atoms with Crippen molar-refractivity contribution < 1.29 is 0 Å². The van der Waals surface area contributed by atoms with Crippen LogP contribution in [-0.2, 0) is 0 Å². The van der Waals surface area contributed by atoms with Gasteiger partial charge in [-0.1, -0.05) is 0 Å². The maximum atomic E-state index is 11.3. The van der Waals surface area contributed by atoms with Crippen molar-refractivity contribution in [3.05, 3.63) is 20.3 Å². The SMILES string of the molecule is O=c1[nH]cnc(NCC2CCNCC2)c1I. The van der Waals surface area contributed by atoms with Crippen LogP contribution in [0.4, 0.5) is 5.82 Å². The number of rotatable bonds is 3. The second kappa shape index (κ2) is 5.62. The first-order chi connectivity index (χ1) is 7.77. The number of aromatic amines is 1. The number of anilines is 1. The summed E-state index contributed by atoms with van der Waals surface area (Å²) in [6, 6.07) is 0. The van der Waals surface area contributed by atoms with Gasteiger partial charge in [-0.2, -0.15) is 0 Å². The number of hydrogen-bond donors (Lipinski definition) is 3. The number of H-pyrrole nitrogens is 1. The highest BCUT2D eigenvalue weighted by Gasteiger charge is 2.13. The summed E-state index contributed by atoms with van der Waals surface area (Å²) in [6.07, 6.45) is 3.81. The number of halogens is 1. The van der Waals surface area contributed by atoms with Gasteiger partial charge in [0.2, 0.25) is 0 Å². The van der Waals surface area contributed by atoms with Crippen LogP contribution in [-0.4, -0.2) is 29.6 Å². The van der Waals surface area contributed by atoms with Crippen LogP contribution in [0.15, 0.2) is 11.1 Å². The van der Waals surface area contributed by atoms with E-state index in [1.807, 2.05) is 22.6 Å². The molecule has 0 spiro atoms. The normalized spacial score (nSPS) is 17.3. The number of nitrogens with one attached hydrogen (secondary N) is 3. The molecule has 3 N–H and O–H groups in total. The van der Waals surface area contributed by atoms with Gasteiger partial charge in [-0.05, 0) is 54.4 Å². The second-order valence-electron chi connectivity index (χ2n) is 3.97. The smallest absolute Gasteiger partial charge is 0.266 e. The summed E-state index contributed by atoms with van der Waals surface area (Å²) in [5.74, 6) is 1.38. The fourth-order valence-electron chi connectivity index (χ4n) is 1.83. The van der Waals surface area contributed by atoms with Gasteiger partial charge in [0.25, 0.3) is 5.56 Å². The third kappa shape index (κ3) is 2.94. The summed E-state index contributed by atoms with van der Waals surface area (Å²) < 4.78 is 0.633. The summed E-state index contributed by atoms with van der Waals surface area (Å²) in [5.41, 5.74) is -0.0802. The molecule has 1 fully saturated rings. The monoisotopic (exact) mass is 334 g/mol. The molecule has 88 valence electrons. The highest BCUT2D eigenvalue weighted by atomic mass is 127. The third-order valence-corrected chi connectivity index (χ3v) is 3.81. The molecule has 1 aromatic heterocycles. The Kier molecular flexibility index (Phi) is 4.16. The topological polar surface area (TPSA) is 69.8 Å². The largest absolute Gasteiger partial charge is 0.369 e. The molecule has 6 heteroatoms. The Hall–Kier alpha value is -0.630. The van der Waals surface area contributed by atoms with E-state index in [2.05, 4.69) is 20.6 Å². The highest BCUT2D eigenvalue weighted by molar-refractivity contribution is 14.1. The van der Waals surface area contributed by atoms with Gasteiger partial charge in [0, 0.05) is 6.54 Å². The zero-order chi connectivity index (χ0) is 11.4. The Morgan fingerprint density at radius 3 is 3.00 bits per heavy atom. The van der Waals surface area contributed by atoms with Gasteiger partial charge in [-0.15, -0.1) is 0 Å². The lowest BCUT2D eigenvalue weighted by molar-refractivity contribution is 0.389. The first-order valence-corrected chi connectivity index (χ1v) is 6.53. The van der Waals surface area contributed by atoms with E-state index in [-0.39, 0.29) is 5.56 Å². The zero-order valence-corrected chi connectivity index (χ0v) is 11.1. The van der Waals surface area contributed by atoms with E-state index in [1.165, 1.54) is 19.2 Å². The van der Waals surface area contributed by atoms with E-state index in [0.717, 1.165) is 19.6 Å². The molecule has 1 aliphatic heterocycles. The molecule has 0 aromatic carbocycles. The van der Waals surface area contributed by atoms with Crippen molar-refractivity contribution in [3.63, 3.8) is 0 Å². The molecule has 0 saturated carbocycles. The predicted octanol–water partition coefficient (Wildman–Crippen LogP) is 0.786. The van der Waals surface area contributed by atoms with Crippen LogP contribution in [0.1, 0.15) is 12.8 Å². The molecule has 0 radical (unpaired) electrons. The van der Waals surface area contributed by atoms with Gasteiger partial charge >= 0.3 is 0 Å². The predicted molar refractivity (Wildman–Crippen MR) is 71.7 cm³/mol. The molecule has 0 bridgehead atoms. The van der Waals surface area contributed by atoms with Crippen LogP contribution in [0.5, 0.6) is 0 Å². The zero-order valence-electron chi connectivity index (χ0n) is 8.92. The van der Waals surface area contributed by atoms with Gasteiger partial charge in [0.05, 0.1) is 6.33 Å². The van der Waals surface area contributed by atoms with Crippen molar-refractivity contribution >= 4 is 28.4 Å². The van der Waals surface area contributed by atoms with Crippen molar-refractivity contribution in [2.24, 2.45) is 5.92 Å². The maximum Gasteiger partial charge on any atom is 0.266 e. The second-order valence-corrected chi connectivity index (χ2v) is 5.05. The van der Waals surface area contributed by atoms with Crippen LogP contribution in [0.25, 0.3) is 0 Å². The average Bonchev–Trinajstić information content (AvgIpc) is 2.32. The lowest BCUT2D eigenvalue weighted by Crippen LogP contribution is -2.31. The number of nitrogens with zero attached hydrogens (tertiary/aromatic N) is 1. The molecule has 1 aromatic rings. The summed E-state index contributed by atoms with van der Waals surface area (Å²) in [5, 5.41) is 6.59. The quantitative estimate of drug-likeness (QED) is 0.715. The Bertz CT molecular complexity index is 400. The number of aromatic nitrogens is 2. The van der Waals surface area contributed by atoms with Gasteiger partial charge in [-0.3, -0.25) is 4.79 Å². The maximum absolute atomic E-state index is 11.3. The molecule has 1 saturated heterocycles. The first-order valence-electron chi connectivity index (χ1n) is 5.45. The Balaban J connectivity index is 1.93. The molecular formula is C10H15IN4O. The number of hydrogen-bond acceptors (Lipinski definition) is 4. The summed E-state index contributed by atoms with van der Waals surface area (Å²) in [6.45, 7) is 3.08. The van der Waals surface area contributed by atoms with E-state index in [1.54, 1.807) is 0 Å². The van der Waals surface area contributed by atoms with Crippen LogP contribution in [0.2, 0.25) is 0 Å². The van der Waals surface area contributed by atoms with Crippen LogP contribution in [0, 0.1) is 9.49 Å². The average molecular weight is 334 g/mol. The molecule has 2 rings (SSSR count). The molecule has 1 aliphatic rings. The fourth-order valence-corrected chi connectivity index (χ4v) is 2.32. The molecule has 5 nitrogen and oxygen atoms in total. The summed E-state index contributed by atoms with van der Waals surface area (Å²) >= 11 is 2.02. The molecule has 16 heavy (non-hydrogen) atoms. The van der Waals surface area contributed by atoms with Gasteiger partial charge < -0.3 is 15.6 Å². The molecule has 0 amide bonds. The van der Waals surface area contributed by atoms with Crippen molar-refractivity contribution in [1.29, 1.82) is 0 Å². The van der Waals surface area contributed by atoms with Crippen LogP contribution < -0.4 is 16.2 Å². The minimum absolute atomic E-state index is 0.0802. The third-order valence-electron chi connectivity index (χ3n) is 2.81. The Morgan fingerprint density at radius 2 is 2.25 bits per heavy atom. The van der Waals surface area contributed by atoms with Crippen molar-refractivity contribution in [2.45, 2.75) is 12.8 Å². The van der Waals surface area contributed by atoms with Gasteiger partial charge in [0.1, 0.15) is 9.39 Å². The van der Waals surface area contributed by atoms with Crippen molar-refractivity contribution in [2.75, 3.05) is 25.0 Å². The molecule has 0 unspecified atom stereocenters. The van der Waals surface area contributed by atoms with E-state index >= 15 is 0 Å². The Labute approximate surface area is 108 Å². The first kappa shape index (κ1) is 11.8. The van der Waals surface area contributed by atoms with E-state index in [0.29, 0.717) is 15.3 Å². The fraction of sp³-hybridized carbons (Fsp3) is 0.600. The highest BCUT2D eigenvalue weighted by Crippen LogP contribution is 2.14. The van der Waals surface area contributed by atoms with Crippen molar-refractivity contribution in [1.82, 2.24) is 15.3 Å².